The molecular formula is C26H25ClF3N7O2. The summed E-state index contributed by atoms with van der Waals surface area (Å²) in [4.78, 5) is 26.2. The van der Waals surface area contributed by atoms with Crippen molar-refractivity contribution in [2.24, 2.45) is 11.1 Å². The minimum absolute atomic E-state index is 0.0341. The van der Waals surface area contributed by atoms with Gasteiger partial charge in [0.15, 0.2) is 0 Å². The zero-order valence-electron chi connectivity index (χ0n) is 20.9. The molecule has 0 radical (unpaired) electrons. The van der Waals surface area contributed by atoms with Crippen LogP contribution in [0.4, 0.5) is 19.0 Å². The van der Waals surface area contributed by atoms with Crippen molar-refractivity contribution in [1.29, 1.82) is 0 Å². The summed E-state index contributed by atoms with van der Waals surface area (Å²) in [5.41, 5.74) is 12.1. The number of amides is 2. The molecule has 0 unspecified atom stereocenters. The van der Waals surface area contributed by atoms with E-state index in [1.165, 1.54) is 16.9 Å². The molecule has 4 N–H and O–H groups in total. The number of anilines is 1. The Morgan fingerprint density at radius 2 is 2.03 bits per heavy atom. The molecule has 2 fully saturated rings. The van der Waals surface area contributed by atoms with Crippen LogP contribution in [-0.4, -0.2) is 49.4 Å². The van der Waals surface area contributed by atoms with E-state index in [-0.39, 0.29) is 51.6 Å². The fourth-order valence-corrected chi connectivity index (χ4v) is 5.71. The molecule has 1 spiro atoms. The average molecular weight is 560 g/mol. The van der Waals surface area contributed by atoms with Gasteiger partial charge >= 0.3 is 6.18 Å². The molecule has 2 aromatic heterocycles. The number of carbonyl (C=O) groups is 2. The summed E-state index contributed by atoms with van der Waals surface area (Å²) < 4.78 is 42.5. The lowest BCUT2D eigenvalue weighted by atomic mass is 9.65. The highest BCUT2D eigenvalue weighted by Crippen LogP contribution is 2.54. The summed E-state index contributed by atoms with van der Waals surface area (Å²) in [6, 6.07) is 3.01. The third-order valence-corrected chi connectivity index (χ3v) is 7.82. The van der Waals surface area contributed by atoms with Crippen LogP contribution in [0.2, 0.25) is 5.02 Å². The van der Waals surface area contributed by atoms with E-state index in [9.17, 15) is 22.8 Å². The molecule has 2 amide bonds. The van der Waals surface area contributed by atoms with E-state index in [0.29, 0.717) is 18.7 Å². The molecule has 13 heteroatoms. The Hall–Kier alpha value is -3.98. The van der Waals surface area contributed by atoms with Gasteiger partial charge in [-0.25, -0.2) is 4.68 Å². The van der Waals surface area contributed by atoms with Crippen molar-refractivity contribution in [2.75, 3.05) is 18.8 Å². The number of nitrogens with zero attached hydrogens (tertiary/aromatic N) is 5. The molecule has 1 aliphatic carbocycles. The molecular weight excluding hydrogens is 535 g/mol. The minimum atomic E-state index is -4.51. The zero-order chi connectivity index (χ0) is 28.1. The lowest BCUT2D eigenvalue weighted by molar-refractivity contribution is -0.137. The highest BCUT2D eigenvalue weighted by Gasteiger charge is 2.51. The second-order valence-corrected chi connectivity index (χ2v) is 10.5. The number of nitrogens with two attached hydrogens (primary N) is 2. The highest BCUT2D eigenvalue weighted by molar-refractivity contribution is 6.31. The summed E-state index contributed by atoms with van der Waals surface area (Å²) in [6.07, 6.45) is 0.790. The number of alkyl halides is 3. The van der Waals surface area contributed by atoms with Gasteiger partial charge in [-0.3, -0.25) is 14.3 Å². The van der Waals surface area contributed by atoms with Crippen molar-refractivity contribution in [2.45, 2.75) is 44.9 Å². The van der Waals surface area contributed by atoms with E-state index in [1.54, 1.807) is 22.7 Å². The molecule has 9 nitrogen and oxygen atoms in total. The number of rotatable bonds is 5. The molecule has 1 saturated heterocycles. The van der Waals surface area contributed by atoms with Gasteiger partial charge in [0, 0.05) is 29.9 Å². The minimum Gasteiger partial charge on any atom is -0.383 e. The van der Waals surface area contributed by atoms with Crippen LogP contribution in [0.1, 0.15) is 53.7 Å². The number of nitrogen functional groups attached to an aromatic ring is 1. The predicted molar refractivity (Wildman–Crippen MR) is 137 cm³/mol. The van der Waals surface area contributed by atoms with Crippen molar-refractivity contribution in [3.63, 3.8) is 0 Å². The molecule has 1 aliphatic heterocycles. The molecule has 0 bridgehead atoms. The largest absolute Gasteiger partial charge is 0.416 e. The quantitative estimate of drug-likeness (QED) is 0.461. The number of benzene rings is 1. The van der Waals surface area contributed by atoms with Crippen LogP contribution in [-0.2, 0) is 17.5 Å². The van der Waals surface area contributed by atoms with Crippen molar-refractivity contribution in [3.8, 4) is 23.1 Å². The molecule has 1 saturated carbocycles. The third kappa shape index (κ3) is 4.94. The maximum atomic E-state index is 13.2. The summed E-state index contributed by atoms with van der Waals surface area (Å²) in [7, 11) is 0. The second kappa shape index (κ2) is 9.64. The van der Waals surface area contributed by atoms with Crippen LogP contribution in [0.3, 0.4) is 0 Å². The number of likely N-dealkylation sites (tertiary alicyclic amines) is 1. The summed E-state index contributed by atoms with van der Waals surface area (Å²) in [6.45, 7) is 2.84. The Labute approximate surface area is 226 Å². The van der Waals surface area contributed by atoms with E-state index >= 15 is 0 Å². The molecule has 0 atom stereocenters. The maximum Gasteiger partial charge on any atom is 0.416 e. The molecule has 2 aliphatic rings. The molecule has 5 rings (SSSR count). The third-order valence-electron chi connectivity index (χ3n) is 7.45. The summed E-state index contributed by atoms with van der Waals surface area (Å²) in [5.74, 6) is 4.41. The number of halogens is 4. The first-order valence-corrected chi connectivity index (χ1v) is 12.6. The topological polar surface area (TPSA) is 125 Å². The predicted octanol–water partition coefficient (Wildman–Crippen LogP) is 3.73. The Morgan fingerprint density at radius 1 is 1.28 bits per heavy atom. The Morgan fingerprint density at radius 3 is 2.69 bits per heavy atom. The van der Waals surface area contributed by atoms with Gasteiger partial charge in [0.2, 0.25) is 0 Å². The Kier molecular flexibility index (Phi) is 6.58. The number of carbonyl (C=O) groups excluding carboxylic acids is 2. The van der Waals surface area contributed by atoms with Crippen molar-refractivity contribution < 1.29 is 22.8 Å². The first-order chi connectivity index (χ1) is 18.4. The highest BCUT2D eigenvalue weighted by atomic mass is 35.5. The van der Waals surface area contributed by atoms with Crippen molar-refractivity contribution in [3.05, 3.63) is 52.3 Å². The van der Waals surface area contributed by atoms with Gasteiger partial charge in [-0.05, 0) is 61.3 Å². The number of hydrogen-bond donors (Lipinski definition) is 2. The second-order valence-electron chi connectivity index (χ2n) is 10.1. The van der Waals surface area contributed by atoms with Gasteiger partial charge in [0.25, 0.3) is 11.8 Å². The number of primary amides is 1. The van der Waals surface area contributed by atoms with Gasteiger partial charge in [-0.1, -0.05) is 17.5 Å². The molecule has 204 valence electrons. The lowest BCUT2D eigenvalue weighted by Gasteiger charge is -2.45. The maximum absolute atomic E-state index is 13.2. The van der Waals surface area contributed by atoms with Crippen LogP contribution in [0.25, 0.3) is 11.3 Å². The summed E-state index contributed by atoms with van der Waals surface area (Å²) in [5, 5.41) is 8.99. The van der Waals surface area contributed by atoms with E-state index in [4.69, 9.17) is 23.1 Å². The molecule has 3 aromatic rings. The molecule has 3 heterocycles. The van der Waals surface area contributed by atoms with Crippen molar-refractivity contribution in [1.82, 2.24) is 24.5 Å². The first kappa shape index (κ1) is 26.6. The van der Waals surface area contributed by atoms with Crippen LogP contribution in [0.5, 0.6) is 0 Å². The van der Waals surface area contributed by atoms with Gasteiger partial charge in [-0.2, -0.15) is 23.4 Å². The first-order valence-electron chi connectivity index (χ1n) is 12.2. The van der Waals surface area contributed by atoms with Gasteiger partial charge < -0.3 is 16.4 Å². The lowest BCUT2D eigenvalue weighted by Crippen LogP contribution is -2.42. The fraction of sp³-hybridized carbons (Fsp3) is 0.385. The number of aromatic nitrogens is 4. The monoisotopic (exact) mass is 559 g/mol. The standard InChI is InChI=1S/C26H25ClF3N7O2/c1-2-3-20(38)35-7-6-25(14-35)9-18(10-25)37-23(31)21(24(32)39)22(34-37)16-11-33-36(13-16)12-15-8-17(26(28,29)30)4-5-19(15)27/h4-5,8,11,13,18H,6-7,9-10,12,14,31H2,1H3,(H2,32,39)/t18-,25-. The fourth-order valence-electron chi connectivity index (χ4n) is 5.53. The molecule has 1 aromatic carbocycles. The van der Waals surface area contributed by atoms with E-state index in [1.807, 2.05) is 0 Å². The zero-order valence-corrected chi connectivity index (χ0v) is 21.7. The van der Waals surface area contributed by atoms with Gasteiger partial charge in [-0.15, -0.1) is 0 Å². The van der Waals surface area contributed by atoms with E-state index in [2.05, 4.69) is 22.0 Å². The molecule has 39 heavy (non-hydrogen) atoms. The van der Waals surface area contributed by atoms with Crippen LogP contribution in [0.15, 0.2) is 30.6 Å². The SMILES string of the molecule is CC#CC(=O)N1CC[C@]2(C1)C[C@H](n1nc(-c3cnn(Cc4cc(C(F)(F)F)ccc4Cl)c3)c(C(N)=O)c1N)C2. The van der Waals surface area contributed by atoms with Crippen molar-refractivity contribution >= 4 is 29.2 Å². The van der Waals surface area contributed by atoms with E-state index < -0.39 is 17.6 Å². The smallest absolute Gasteiger partial charge is 0.383 e. The van der Waals surface area contributed by atoms with Crippen LogP contribution in [0, 0.1) is 17.3 Å². The normalized spacial score (nSPS) is 20.5. The van der Waals surface area contributed by atoms with Gasteiger partial charge in [0.05, 0.1) is 24.3 Å². The average Bonchev–Trinajstić information content (AvgIpc) is 3.56. The van der Waals surface area contributed by atoms with E-state index in [0.717, 1.165) is 31.4 Å². The Balaban J connectivity index is 1.37. The number of hydrogen-bond acceptors (Lipinski definition) is 5. The Bertz CT molecular complexity index is 1530. The van der Waals surface area contributed by atoms with Crippen LogP contribution < -0.4 is 11.5 Å². The summed E-state index contributed by atoms with van der Waals surface area (Å²) >= 11 is 6.13. The van der Waals surface area contributed by atoms with Gasteiger partial charge in [0.1, 0.15) is 17.1 Å². The van der Waals surface area contributed by atoms with Crippen LogP contribution >= 0.6 is 11.6 Å².